The van der Waals surface area contributed by atoms with Crippen LogP contribution in [0.5, 0.6) is 0 Å². The van der Waals surface area contributed by atoms with Gasteiger partial charge < -0.3 is 29.9 Å². The van der Waals surface area contributed by atoms with Crippen molar-refractivity contribution in [2.45, 2.75) is 51.0 Å². The Bertz CT molecular complexity index is 1330. The lowest BCUT2D eigenvalue weighted by molar-refractivity contribution is 0.0379. The molecule has 0 saturated carbocycles. The van der Waals surface area contributed by atoms with Gasteiger partial charge in [-0.15, -0.1) is 0 Å². The molecule has 1 aromatic heterocycles. The van der Waals surface area contributed by atoms with Gasteiger partial charge in [0.1, 0.15) is 6.10 Å². The number of likely N-dealkylation sites (tertiary alicyclic amines) is 1. The van der Waals surface area contributed by atoms with Crippen molar-refractivity contribution < 1.29 is 9.84 Å². The van der Waals surface area contributed by atoms with Crippen molar-refractivity contribution in [2.24, 2.45) is 0 Å². The van der Waals surface area contributed by atoms with Crippen molar-refractivity contribution in [1.29, 1.82) is 0 Å². The second kappa shape index (κ2) is 11.8. The van der Waals surface area contributed by atoms with Crippen LogP contribution in [0.3, 0.4) is 0 Å². The first-order valence-corrected chi connectivity index (χ1v) is 15.1. The number of nitrogens with zero attached hydrogens (tertiary/aromatic N) is 2. The molecule has 3 N–H and O–H groups in total. The summed E-state index contributed by atoms with van der Waals surface area (Å²) in [5.41, 5.74) is 3.10. The molecule has 0 bridgehead atoms. The van der Waals surface area contributed by atoms with Gasteiger partial charge in [0.2, 0.25) is 5.56 Å². The van der Waals surface area contributed by atoms with E-state index in [-0.39, 0.29) is 24.3 Å². The number of anilines is 2. The molecule has 4 heterocycles. The number of aliphatic hydroxyl groups excluding tert-OH is 1. The molecule has 2 atom stereocenters. The normalized spacial score (nSPS) is 20.4. The minimum Gasteiger partial charge on any atom is -0.394 e. The largest absolute Gasteiger partial charge is 0.394 e. The van der Waals surface area contributed by atoms with Crippen LogP contribution in [0.1, 0.15) is 30.9 Å². The zero-order valence-electron chi connectivity index (χ0n) is 21.4. The highest BCUT2D eigenvalue weighted by atomic mass is 32.2. The number of fused-ring (bicyclic) bond motifs is 2. The molecule has 3 aliphatic rings. The van der Waals surface area contributed by atoms with Crippen LogP contribution in [0.25, 0.3) is 0 Å². The van der Waals surface area contributed by atoms with E-state index in [1.54, 1.807) is 35.8 Å². The molecule has 7 nitrogen and oxygen atoms in total. The second-order valence-electron chi connectivity index (χ2n) is 10.1. The van der Waals surface area contributed by atoms with Gasteiger partial charge in [-0.1, -0.05) is 42.1 Å². The van der Waals surface area contributed by atoms with Crippen LogP contribution in [0.15, 0.2) is 79.1 Å². The van der Waals surface area contributed by atoms with Gasteiger partial charge in [0.15, 0.2) is 0 Å². The Labute approximate surface area is 232 Å². The average Bonchev–Trinajstić information content (AvgIpc) is 2.96. The number of aromatic amines is 1. The van der Waals surface area contributed by atoms with E-state index in [1.165, 1.54) is 44.4 Å². The molecule has 3 aromatic rings. The first kappa shape index (κ1) is 25.8. The maximum Gasteiger partial charge on any atom is 0.249 e. The molecular weight excluding hydrogens is 516 g/mol. The number of nitrogens with one attached hydrogen (secondary N) is 2. The van der Waals surface area contributed by atoms with Crippen LogP contribution in [0.4, 0.5) is 11.4 Å². The molecule has 0 spiro atoms. The van der Waals surface area contributed by atoms with E-state index in [0.29, 0.717) is 13.2 Å². The molecule has 0 amide bonds. The standard InChI is InChI=1S/C29H34N4O3S2/c34-19-21(17-32-11-2-1-3-12-32)31-20-7-8-25-27(15-20)37-26-6-4-5-23(29(26)38-25)24-18-33(13-14-36-24)22-9-10-30-28(35)16-22/h4-10,15-16,21,24,31,34H,1-3,11-14,17-19H2,(H,30,35). The van der Waals surface area contributed by atoms with Crippen LogP contribution < -0.4 is 15.8 Å². The van der Waals surface area contributed by atoms with Crippen molar-refractivity contribution in [3.63, 3.8) is 0 Å². The predicted octanol–water partition coefficient (Wildman–Crippen LogP) is 4.83. The first-order chi connectivity index (χ1) is 18.7. The number of aromatic nitrogens is 1. The highest BCUT2D eigenvalue weighted by Crippen LogP contribution is 2.51. The summed E-state index contributed by atoms with van der Waals surface area (Å²) >= 11 is 3.60. The zero-order chi connectivity index (χ0) is 25.9. The van der Waals surface area contributed by atoms with Gasteiger partial charge >= 0.3 is 0 Å². The van der Waals surface area contributed by atoms with Crippen LogP contribution in [0, 0.1) is 0 Å². The fourth-order valence-corrected chi connectivity index (χ4v) is 7.96. The van der Waals surface area contributed by atoms with Crippen molar-refractivity contribution in [3.8, 4) is 0 Å². The number of pyridine rings is 1. The van der Waals surface area contributed by atoms with Crippen LogP contribution >= 0.6 is 23.5 Å². The molecule has 0 radical (unpaired) electrons. The lowest BCUT2D eigenvalue weighted by atomic mass is 10.1. The van der Waals surface area contributed by atoms with Gasteiger partial charge in [-0.3, -0.25) is 4.79 Å². The number of benzene rings is 2. The Morgan fingerprint density at radius 2 is 1.92 bits per heavy atom. The van der Waals surface area contributed by atoms with Gasteiger partial charge in [0.25, 0.3) is 0 Å². The highest BCUT2D eigenvalue weighted by molar-refractivity contribution is 8.05. The summed E-state index contributed by atoms with van der Waals surface area (Å²) < 4.78 is 6.25. The van der Waals surface area contributed by atoms with Gasteiger partial charge in [0, 0.05) is 62.9 Å². The van der Waals surface area contributed by atoms with Crippen molar-refractivity contribution in [2.75, 3.05) is 56.2 Å². The Morgan fingerprint density at radius 1 is 1.03 bits per heavy atom. The zero-order valence-corrected chi connectivity index (χ0v) is 23.0. The van der Waals surface area contributed by atoms with Crippen LogP contribution in [-0.4, -0.2) is 67.0 Å². The van der Waals surface area contributed by atoms with Gasteiger partial charge in [0.05, 0.1) is 19.3 Å². The van der Waals surface area contributed by atoms with Crippen molar-refractivity contribution >= 4 is 34.9 Å². The second-order valence-corrected chi connectivity index (χ2v) is 12.3. The third kappa shape index (κ3) is 5.77. The van der Waals surface area contributed by atoms with Crippen LogP contribution in [0.2, 0.25) is 0 Å². The van der Waals surface area contributed by atoms with Crippen molar-refractivity contribution in [3.05, 3.63) is 70.6 Å². The van der Waals surface area contributed by atoms with E-state index in [1.807, 2.05) is 6.07 Å². The lowest BCUT2D eigenvalue weighted by Crippen LogP contribution is -2.41. The minimum absolute atomic E-state index is 0.0258. The molecule has 2 aromatic carbocycles. The summed E-state index contributed by atoms with van der Waals surface area (Å²) in [6.45, 7) is 5.34. The van der Waals surface area contributed by atoms with Gasteiger partial charge in [-0.05, 0) is 61.8 Å². The maximum absolute atomic E-state index is 11.8. The Hall–Kier alpha value is -2.43. The molecule has 6 rings (SSSR count). The maximum atomic E-state index is 11.8. The van der Waals surface area contributed by atoms with E-state index in [2.05, 4.69) is 56.5 Å². The van der Waals surface area contributed by atoms with Gasteiger partial charge in [-0.25, -0.2) is 0 Å². The van der Waals surface area contributed by atoms with E-state index in [0.717, 1.165) is 37.6 Å². The monoisotopic (exact) mass is 550 g/mol. The third-order valence-corrected chi connectivity index (χ3v) is 10.1. The Balaban J connectivity index is 1.17. The predicted molar refractivity (Wildman–Crippen MR) is 154 cm³/mol. The topological polar surface area (TPSA) is 80.8 Å². The summed E-state index contributed by atoms with van der Waals surface area (Å²) in [5.74, 6) is 0. The average molecular weight is 551 g/mol. The summed E-state index contributed by atoms with van der Waals surface area (Å²) in [5, 5.41) is 13.6. The molecule has 2 fully saturated rings. The van der Waals surface area contributed by atoms with E-state index < -0.39 is 0 Å². The molecule has 2 unspecified atom stereocenters. The number of rotatable bonds is 7. The highest BCUT2D eigenvalue weighted by Gasteiger charge is 2.28. The summed E-state index contributed by atoms with van der Waals surface area (Å²) in [7, 11) is 0. The molecule has 2 saturated heterocycles. The fraction of sp³-hybridized carbons (Fsp3) is 0.414. The number of hydrogen-bond acceptors (Lipinski definition) is 8. The summed E-state index contributed by atoms with van der Waals surface area (Å²) in [6, 6.07) is 16.6. The number of aliphatic hydroxyl groups is 1. The van der Waals surface area contributed by atoms with E-state index >= 15 is 0 Å². The quantitative estimate of drug-likeness (QED) is 0.302. The molecule has 38 heavy (non-hydrogen) atoms. The molecule has 0 aliphatic carbocycles. The fourth-order valence-electron chi connectivity index (χ4n) is 5.51. The van der Waals surface area contributed by atoms with Crippen LogP contribution in [-0.2, 0) is 4.74 Å². The summed E-state index contributed by atoms with van der Waals surface area (Å²) in [4.78, 5) is 24.2. The molecule has 200 valence electrons. The molecule has 9 heteroatoms. The first-order valence-electron chi connectivity index (χ1n) is 13.4. The Kier molecular flexibility index (Phi) is 7.99. The molecule has 3 aliphatic heterocycles. The molecular formula is C29H34N4O3S2. The Morgan fingerprint density at radius 3 is 2.76 bits per heavy atom. The lowest BCUT2D eigenvalue weighted by Gasteiger charge is -2.36. The summed E-state index contributed by atoms with van der Waals surface area (Å²) in [6.07, 6.45) is 5.46. The number of morpholine rings is 1. The van der Waals surface area contributed by atoms with E-state index in [9.17, 15) is 9.90 Å². The van der Waals surface area contributed by atoms with E-state index in [4.69, 9.17) is 4.74 Å². The minimum atomic E-state index is -0.0862. The smallest absolute Gasteiger partial charge is 0.249 e. The number of hydrogen-bond donors (Lipinski definition) is 3. The van der Waals surface area contributed by atoms with Gasteiger partial charge in [-0.2, -0.15) is 0 Å². The number of piperidine rings is 1. The number of H-pyrrole nitrogens is 1. The third-order valence-electron chi connectivity index (χ3n) is 7.44. The number of ether oxygens (including phenoxy) is 1. The van der Waals surface area contributed by atoms with Crippen molar-refractivity contribution in [1.82, 2.24) is 9.88 Å². The SMILES string of the molecule is O=c1cc(N2CCOC(c3cccc4c3Sc3ccc(NC(CO)CN5CCCCC5)cc3S4)C2)cc[nH]1.